The second-order valence-corrected chi connectivity index (χ2v) is 6.43. The van der Waals surface area contributed by atoms with Gasteiger partial charge in [0.2, 0.25) is 0 Å². The van der Waals surface area contributed by atoms with Gasteiger partial charge in [-0.3, -0.25) is 9.59 Å². The van der Waals surface area contributed by atoms with Crippen LogP contribution in [-0.4, -0.2) is 24.3 Å². The molecule has 29 heavy (non-hydrogen) atoms. The first kappa shape index (κ1) is 20.2. The van der Waals surface area contributed by atoms with E-state index in [-0.39, 0.29) is 16.5 Å². The third-order valence-corrected chi connectivity index (χ3v) is 4.30. The molecule has 3 aromatic carbocycles. The third-order valence-electron chi connectivity index (χ3n) is 3.99. The molecule has 0 unspecified atom stereocenters. The van der Waals surface area contributed by atoms with Crippen LogP contribution in [0.4, 0.5) is 10.1 Å². The molecule has 0 fully saturated rings. The molecule has 0 saturated heterocycles. The normalized spacial score (nSPS) is 10.3. The third kappa shape index (κ3) is 5.27. The first-order valence-corrected chi connectivity index (χ1v) is 8.93. The fourth-order valence-electron chi connectivity index (χ4n) is 2.48. The molecule has 3 rings (SSSR count). The first-order chi connectivity index (χ1) is 13.9. The maximum absolute atomic E-state index is 13.0. The lowest BCUT2D eigenvalue weighted by molar-refractivity contribution is 0.0475. The van der Waals surface area contributed by atoms with Gasteiger partial charge in [0.15, 0.2) is 12.4 Å². The van der Waals surface area contributed by atoms with Crippen LogP contribution in [0, 0.1) is 5.82 Å². The molecule has 0 aliphatic heterocycles. The predicted octanol–water partition coefficient (Wildman–Crippen LogP) is 4.77. The number of benzene rings is 3. The Morgan fingerprint density at radius 2 is 1.59 bits per heavy atom. The largest absolute Gasteiger partial charge is 0.454 e. The summed E-state index contributed by atoms with van der Waals surface area (Å²) < 4.78 is 18.0. The Hall–Kier alpha value is -3.51. The van der Waals surface area contributed by atoms with Crippen molar-refractivity contribution < 1.29 is 23.5 Å². The number of halogens is 2. The molecule has 7 heteroatoms. The number of rotatable bonds is 6. The lowest BCUT2D eigenvalue weighted by atomic mass is 10.1. The van der Waals surface area contributed by atoms with E-state index in [1.807, 2.05) is 6.07 Å². The van der Waals surface area contributed by atoms with Gasteiger partial charge in [0.1, 0.15) is 5.82 Å². The fraction of sp³-hybridized carbons (Fsp3) is 0.0455. The molecule has 146 valence electrons. The van der Waals surface area contributed by atoms with E-state index in [4.69, 9.17) is 16.3 Å². The van der Waals surface area contributed by atoms with Crippen molar-refractivity contribution in [1.29, 1.82) is 0 Å². The summed E-state index contributed by atoms with van der Waals surface area (Å²) in [6.45, 7) is -0.498. The lowest BCUT2D eigenvalue weighted by Gasteiger charge is -2.08. The summed E-state index contributed by atoms with van der Waals surface area (Å²) in [5, 5.41) is 2.63. The van der Waals surface area contributed by atoms with Crippen LogP contribution < -0.4 is 5.32 Å². The van der Waals surface area contributed by atoms with Crippen molar-refractivity contribution in [3.63, 3.8) is 0 Å². The highest BCUT2D eigenvalue weighted by atomic mass is 35.5. The molecular formula is C22H15ClFNO4. The number of hydrogen-bond acceptors (Lipinski definition) is 4. The summed E-state index contributed by atoms with van der Waals surface area (Å²) in [5.41, 5.74) is 1.31. The van der Waals surface area contributed by atoms with E-state index < -0.39 is 24.2 Å². The van der Waals surface area contributed by atoms with Crippen LogP contribution >= 0.6 is 11.6 Å². The van der Waals surface area contributed by atoms with E-state index in [0.717, 1.165) is 12.1 Å². The van der Waals surface area contributed by atoms with E-state index in [0.29, 0.717) is 16.8 Å². The van der Waals surface area contributed by atoms with Crippen molar-refractivity contribution in [1.82, 2.24) is 0 Å². The summed E-state index contributed by atoms with van der Waals surface area (Å²) in [6.07, 6.45) is 0. The number of ketones is 1. The van der Waals surface area contributed by atoms with Crippen molar-refractivity contribution in [2.45, 2.75) is 0 Å². The minimum atomic E-state index is -0.824. The number of ether oxygens (including phenoxy) is 1. The van der Waals surface area contributed by atoms with Crippen molar-refractivity contribution in [3.05, 3.63) is 100 Å². The van der Waals surface area contributed by atoms with E-state index in [9.17, 15) is 18.8 Å². The van der Waals surface area contributed by atoms with E-state index in [1.165, 1.54) is 18.2 Å². The van der Waals surface area contributed by atoms with Crippen LogP contribution in [0.5, 0.6) is 0 Å². The lowest BCUT2D eigenvalue weighted by Crippen LogP contribution is -2.15. The summed E-state index contributed by atoms with van der Waals surface area (Å²) in [7, 11) is 0. The maximum atomic E-state index is 13.0. The minimum Gasteiger partial charge on any atom is -0.454 e. The average Bonchev–Trinajstić information content (AvgIpc) is 2.73. The molecule has 0 saturated carbocycles. The summed E-state index contributed by atoms with van der Waals surface area (Å²) in [5.74, 6) is -2.11. The van der Waals surface area contributed by atoms with Gasteiger partial charge >= 0.3 is 5.97 Å². The first-order valence-electron chi connectivity index (χ1n) is 8.56. The van der Waals surface area contributed by atoms with Gasteiger partial charge in [0, 0.05) is 16.8 Å². The molecule has 0 spiro atoms. The van der Waals surface area contributed by atoms with Gasteiger partial charge in [-0.1, -0.05) is 29.8 Å². The smallest absolute Gasteiger partial charge is 0.340 e. The van der Waals surface area contributed by atoms with Crippen LogP contribution in [0.2, 0.25) is 5.02 Å². The number of hydrogen-bond donors (Lipinski definition) is 1. The highest BCUT2D eigenvalue weighted by Crippen LogP contribution is 2.18. The van der Waals surface area contributed by atoms with Crippen LogP contribution in [-0.2, 0) is 4.74 Å². The SMILES string of the molecule is O=C(COC(=O)c1ccc(F)cc1Cl)c1ccc(NC(=O)c2ccccc2)cc1. The Balaban J connectivity index is 1.57. The summed E-state index contributed by atoms with van der Waals surface area (Å²) in [6, 6.07) is 18.2. The number of amides is 1. The molecule has 0 atom stereocenters. The molecule has 5 nitrogen and oxygen atoms in total. The molecule has 0 aromatic heterocycles. The molecule has 0 bridgehead atoms. The van der Waals surface area contributed by atoms with Crippen LogP contribution in [0.1, 0.15) is 31.1 Å². The quantitative estimate of drug-likeness (QED) is 0.468. The Morgan fingerprint density at radius 1 is 0.897 bits per heavy atom. The summed E-state index contributed by atoms with van der Waals surface area (Å²) >= 11 is 5.80. The average molecular weight is 412 g/mol. The Labute approximate surface area is 171 Å². The number of carbonyl (C=O) groups is 3. The topological polar surface area (TPSA) is 72.5 Å². The number of Topliss-reactive ketones (excluding diaryl/α,β-unsaturated/α-hetero) is 1. The second kappa shape index (κ2) is 9.12. The van der Waals surface area contributed by atoms with E-state index in [2.05, 4.69) is 5.32 Å². The fourth-order valence-corrected chi connectivity index (χ4v) is 2.72. The molecule has 3 aromatic rings. The van der Waals surface area contributed by atoms with Gasteiger partial charge in [-0.15, -0.1) is 0 Å². The number of anilines is 1. The van der Waals surface area contributed by atoms with Gasteiger partial charge < -0.3 is 10.1 Å². The zero-order valence-electron chi connectivity index (χ0n) is 15.0. The minimum absolute atomic E-state index is 0.0279. The molecule has 0 aliphatic carbocycles. The van der Waals surface area contributed by atoms with Gasteiger partial charge in [-0.2, -0.15) is 0 Å². The van der Waals surface area contributed by atoms with E-state index in [1.54, 1.807) is 36.4 Å². The predicted molar refractivity (Wildman–Crippen MR) is 107 cm³/mol. The molecule has 0 aliphatic rings. The van der Waals surface area contributed by atoms with Gasteiger partial charge in [0.25, 0.3) is 5.91 Å². The van der Waals surface area contributed by atoms with Crippen molar-refractivity contribution in [3.8, 4) is 0 Å². The monoisotopic (exact) mass is 411 g/mol. The Kier molecular flexibility index (Phi) is 6.36. The van der Waals surface area contributed by atoms with Gasteiger partial charge in [0.05, 0.1) is 10.6 Å². The highest BCUT2D eigenvalue weighted by Gasteiger charge is 2.15. The van der Waals surface area contributed by atoms with Crippen LogP contribution in [0.15, 0.2) is 72.8 Å². The number of esters is 1. The molecule has 1 amide bonds. The molecular weight excluding hydrogens is 397 g/mol. The maximum Gasteiger partial charge on any atom is 0.340 e. The van der Waals surface area contributed by atoms with Crippen molar-refractivity contribution in [2.75, 3.05) is 11.9 Å². The summed E-state index contributed by atoms with van der Waals surface area (Å²) in [4.78, 5) is 36.3. The number of nitrogens with one attached hydrogen (secondary N) is 1. The van der Waals surface area contributed by atoms with Crippen molar-refractivity contribution in [2.24, 2.45) is 0 Å². The molecule has 0 heterocycles. The van der Waals surface area contributed by atoms with E-state index >= 15 is 0 Å². The molecule has 0 radical (unpaired) electrons. The van der Waals surface area contributed by atoms with Gasteiger partial charge in [-0.05, 0) is 54.6 Å². The van der Waals surface area contributed by atoms with Crippen LogP contribution in [0.25, 0.3) is 0 Å². The van der Waals surface area contributed by atoms with Crippen molar-refractivity contribution >= 4 is 34.9 Å². The van der Waals surface area contributed by atoms with Crippen LogP contribution in [0.3, 0.4) is 0 Å². The Bertz CT molecular complexity index is 1050. The second-order valence-electron chi connectivity index (χ2n) is 6.02. The number of carbonyl (C=O) groups excluding carboxylic acids is 3. The zero-order valence-corrected chi connectivity index (χ0v) is 15.8. The highest BCUT2D eigenvalue weighted by molar-refractivity contribution is 6.33. The molecule has 1 N–H and O–H groups in total. The Morgan fingerprint density at radius 3 is 2.24 bits per heavy atom. The standard InChI is InChI=1S/C22H15ClFNO4/c23-19-12-16(24)8-11-18(19)22(28)29-13-20(26)14-6-9-17(10-7-14)25-21(27)15-4-2-1-3-5-15/h1-12H,13H2,(H,25,27). The zero-order chi connectivity index (χ0) is 20.8. The van der Waals surface area contributed by atoms with Gasteiger partial charge in [-0.25, -0.2) is 9.18 Å².